The van der Waals surface area contributed by atoms with E-state index in [-0.39, 0.29) is 31.1 Å². The maximum absolute atomic E-state index is 12.9. The normalized spacial score (nSPS) is 12.1. The zero-order valence-electron chi connectivity index (χ0n) is 51.6. The molecule has 0 saturated carbocycles. The van der Waals surface area contributed by atoms with E-state index < -0.39 is 6.10 Å². The third kappa shape index (κ3) is 62.7. The van der Waals surface area contributed by atoms with Crippen molar-refractivity contribution < 1.29 is 28.6 Å². The molecular formula is C70H132O6. The highest BCUT2D eigenvalue weighted by atomic mass is 16.6. The van der Waals surface area contributed by atoms with E-state index in [4.69, 9.17) is 14.2 Å². The van der Waals surface area contributed by atoms with Crippen LogP contribution < -0.4 is 0 Å². The molecule has 0 N–H and O–H groups in total. The Morgan fingerprint density at radius 1 is 0.263 bits per heavy atom. The zero-order valence-corrected chi connectivity index (χ0v) is 51.6. The Balaban J connectivity index is 4.25. The molecule has 0 aromatic carbocycles. The summed E-state index contributed by atoms with van der Waals surface area (Å²) < 4.78 is 17.0. The first kappa shape index (κ1) is 73.9. The van der Waals surface area contributed by atoms with Crippen molar-refractivity contribution in [1.82, 2.24) is 0 Å². The van der Waals surface area contributed by atoms with Crippen molar-refractivity contribution in [3.63, 3.8) is 0 Å². The average Bonchev–Trinajstić information content (AvgIpc) is 3.42. The van der Waals surface area contributed by atoms with Gasteiger partial charge < -0.3 is 14.2 Å². The van der Waals surface area contributed by atoms with Crippen molar-refractivity contribution in [2.45, 2.75) is 393 Å². The second kappa shape index (κ2) is 65.4. The highest BCUT2D eigenvalue weighted by Crippen LogP contribution is 2.19. The molecule has 0 aromatic rings. The number of unbranched alkanes of at least 4 members (excludes halogenated alkanes) is 49. The Bertz CT molecular complexity index is 1230. The molecule has 0 aliphatic heterocycles. The molecule has 6 nitrogen and oxygen atoms in total. The predicted molar refractivity (Wildman–Crippen MR) is 330 cm³/mol. The summed E-state index contributed by atoms with van der Waals surface area (Å²) >= 11 is 0. The van der Waals surface area contributed by atoms with Gasteiger partial charge >= 0.3 is 17.9 Å². The minimum absolute atomic E-state index is 0.0693. The molecule has 0 radical (unpaired) electrons. The Morgan fingerprint density at radius 3 is 0.763 bits per heavy atom. The van der Waals surface area contributed by atoms with Crippen molar-refractivity contribution in [1.29, 1.82) is 0 Å². The SMILES string of the molecule is CCCC/C=C\C/C=C\CCCCCCCC(=O)OCC(COC(=O)CCCCCCCCCCCCCCCCCCCCCCCC)OC(=O)CCCCCCCCCCCCCCCCCCCCCCCC. The topological polar surface area (TPSA) is 78.9 Å². The Kier molecular flexibility index (Phi) is 63.6. The highest BCUT2D eigenvalue weighted by molar-refractivity contribution is 5.71. The number of hydrogen-bond donors (Lipinski definition) is 0. The number of hydrogen-bond acceptors (Lipinski definition) is 6. The number of allylic oxidation sites excluding steroid dienone is 4. The van der Waals surface area contributed by atoms with Crippen molar-refractivity contribution in [3.8, 4) is 0 Å². The molecule has 6 heteroatoms. The first-order valence-electron chi connectivity index (χ1n) is 34.3. The van der Waals surface area contributed by atoms with E-state index in [0.717, 1.165) is 77.0 Å². The van der Waals surface area contributed by atoms with E-state index in [1.54, 1.807) is 0 Å². The van der Waals surface area contributed by atoms with Gasteiger partial charge in [-0.2, -0.15) is 0 Å². The van der Waals surface area contributed by atoms with Crippen LogP contribution in [0.25, 0.3) is 0 Å². The van der Waals surface area contributed by atoms with Gasteiger partial charge in [-0.3, -0.25) is 14.4 Å². The summed E-state index contributed by atoms with van der Waals surface area (Å²) in [6.45, 7) is 6.67. The minimum Gasteiger partial charge on any atom is -0.462 e. The van der Waals surface area contributed by atoms with Crippen molar-refractivity contribution in [2.24, 2.45) is 0 Å². The molecule has 0 aliphatic carbocycles. The zero-order chi connectivity index (χ0) is 55.0. The van der Waals surface area contributed by atoms with Crippen molar-refractivity contribution in [2.75, 3.05) is 13.2 Å². The maximum Gasteiger partial charge on any atom is 0.306 e. The van der Waals surface area contributed by atoms with Crippen LogP contribution in [-0.2, 0) is 28.6 Å². The van der Waals surface area contributed by atoms with Gasteiger partial charge in [-0.25, -0.2) is 0 Å². The van der Waals surface area contributed by atoms with E-state index in [9.17, 15) is 14.4 Å². The van der Waals surface area contributed by atoms with Crippen LogP contribution in [0.2, 0.25) is 0 Å². The lowest BCUT2D eigenvalue weighted by Gasteiger charge is -2.18. The number of carbonyl (C=O) groups excluding carboxylic acids is 3. The minimum atomic E-state index is -0.774. The summed E-state index contributed by atoms with van der Waals surface area (Å²) in [7, 11) is 0. The van der Waals surface area contributed by atoms with Gasteiger partial charge in [0.2, 0.25) is 0 Å². The van der Waals surface area contributed by atoms with Gasteiger partial charge in [0.15, 0.2) is 6.10 Å². The van der Waals surface area contributed by atoms with E-state index in [0.29, 0.717) is 19.3 Å². The maximum atomic E-state index is 12.9. The lowest BCUT2D eigenvalue weighted by Crippen LogP contribution is -2.30. The third-order valence-electron chi connectivity index (χ3n) is 15.7. The second-order valence-corrected chi connectivity index (χ2v) is 23.5. The summed E-state index contributed by atoms with van der Waals surface area (Å²) in [6.07, 6.45) is 79.2. The fraction of sp³-hybridized carbons (Fsp3) is 0.900. The molecular weight excluding hydrogens is 937 g/mol. The molecule has 0 spiro atoms. The van der Waals surface area contributed by atoms with Crippen LogP contribution in [0.15, 0.2) is 24.3 Å². The summed E-state index contributed by atoms with van der Waals surface area (Å²) in [5.41, 5.74) is 0. The summed E-state index contributed by atoms with van der Waals surface area (Å²) in [4.78, 5) is 38.4. The number of rotatable bonds is 64. The molecule has 0 aliphatic rings. The second-order valence-electron chi connectivity index (χ2n) is 23.5. The first-order valence-corrected chi connectivity index (χ1v) is 34.3. The molecule has 0 heterocycles. The van der Waals surface area contributed by atoms with Crippen LogP contribution in [0.5, 0.6) is 0 Å². The van der Waals surface area contributed by atoms with E-state index in [1.165, 1.54) is 270 Å². The first-order chi connectivity index (χ1) is 37.5. The highest BCUT2D eigenvalue weighted by Gasteiger charge is 2.19. The summed E-state index contributed by atoms with van der Waals surface area (Å²) in [6, 6.07) is 0. The molecule has 0 amide bonds. The Morgan fingerprint density at radius 2 is 0.487 bits per heavy atom. The van der Waals surface area contributed by atoms with Gasteiger partial charge in [0.25, 0.3) is 0 Å². The van der Waals surface area contributed by atoms with Crippen LogP contribution in [0.3, 0.4) is 0 Å². The van der Waals surface area contributed by atoms with E-state index in [1.807, 2.05) is 0 Å². The molecule has 0 aromatic heterocycles. The van der Waals surface area contributed by atoms with Crippen LogP contribution in [0.1, 0.15) is 387 Å². The average molecular weight is 1070 g/mol. The molecule has 0 saturated heterocycles. The Labute approximate surface area is 474 Å². The predicted octanol–water partition coefficient (Wildman–Crippen LogP) is 23.4. The number of ether oxygens (including phenoxy) is 3. The van der Waals surface area contributed by atoms with Crippen molar-refractivity contribution >= 4 is 17.9 Å². The van der Waals surface area contributed by atoms with Gasteiger partial charge in [0, 0.05) is 19.3 Å². The molecule has 76 heavy (non-hydrogen) atoms. The summed E-state index contributed by atoms with van der Waals surface area (Å²) in [5, 5.41) is 0. The number of carbonyl (C=O) groups is 3. The lowest BCUT2D eigenvalue weighted by atomic mass is 10.0. The molecule has 1 atom stereocenters. The third-order valence-corrected chi connectivity index (χ3v) is 15.7. The van der Waals surface area contributed by atoms with Gasteiger partial charge in [-0.05, 0) is 44.9 Å². The smallest absolute Gasteiger partial charge is 0.306 e. The largest absolute Gasteiger partial charge is 0.462 e. The van der Waals surface area contributed by atoms with E-state index >= 15 is 0 Å². The molecule has 448 valence electrons. The van der Waals surface area contributed by atoms with Gasteiger partial charge in [-0.15, -0.1) is 0 Å². The number of esters is 3. The fourth-order valence-electron chi connectivity index (χ4n) is 10.5. The van der Waals surface area contributed by atoms with Crippen LogP contribution in [-0.4, -0.2) is 37.2 Å². The van der Waals surface area contributed by atoms with Crippen LogP contribution in [0, 0.1) is 0 Å². The molecule has 0 bridgehead atoms. The lowest BCUT2D eigenvalue weighted by molar-refractivity contribution is -0.167. The van der Waals surface area contributed by atoms with Crippen LogP contribution >= 0.6 is 0 Å². The quantitative estimate of drug-likeness (QED) is 0.0261. The Hall–Kier alpha value is -2.11. The van der Waals surface area contributed by atoms with Gasteiger partial charge in [0.05, 0.1) is 0 Å². The fourth-order valence-corrected chi connectivity index (χ4v) is 10.5. The standard InChI is InChI=1S/C70H132O6/c1-4-7-10-13-16-19-22-25-28-30-32-34-36-38-40-42-45-48-51-54-57-60-63-69(72)75-66-67(65-74-68(71)62-59-56-53-50-47-44-27-24-21-18-15-12-9-6-3)76-70(73)64-61-58-55-52-49-46-43-41-39-37-35-33-31-29-26-23-20-17-14-11-8-5-2/h15,18,24,27,67H,4-14,16-17,19-23,25-26,28-66H2,1-3H3/b18-15-,27-24-. The van der Waals surface area contributed by atoms with Crippen molar-refractivity contribution in [3.05, 3.63) is 24.3 Å². The molecule has 0 rings (SSSR count). The van der Waals surface area contributed by atoms with Gasteiger partial charge in [-0.1, -0.05) is 347 Å². The summed E-state index contributed by atoms with van der Waals surface area (Å²) in [5.74, 6) is -0.852. The van der Waals surface area contributed by atoms with Gasteiger partial charge in [0.1, 0.15) is 13.2 Å². The van der Waals surface area contributed by atoms with E-state index in [2.05, 4.69) is 45.1 Å². The van der Waals surface area contributed by atoms with Crippen LogP contribution in [0.4, 0.5) is 0 Å². The monoisotopic (exact) mass is 1070 g/mol. The molecule has 0 fully saturated rings. The molecule has 1 unspecified atom stereocenters.